The lowest BCUT2D eigenvalue weighted by molar-refractivity contribution is -0.116. The van der Waals surface area contributed by atoms with Crippen LogP contribution in [0.4, 0.5) is 5.82 Å². The van der Waals surface area contributed by atoms with E-state index in [9.17, 15) is 4.79 Å². The van der Waals surface area contributed by atoms with Gasteiger partial charge in [-0.1, -0.05) is 23.8 Å². The van der Waals surface area contributed by atoms with Gasteiger partial charge in [-0.3, -0.25) is 4.79 Å². The lowest BCUT2D eigenvalue weighted by Crippen LogP contribution is -2.25. The lowest BCUT2D eigenvalue weighted by Gasteiger charge is -2.25. The second-order valence-corrected chi connectivity index (χ2v) is 7.25. The van der Waals surface area contributed by atoms with Crippen molar-refractivity contribution in [3.8, 4) is 5.82 Å². The first-order chi connectivity index (χ1) is 13.5. The summed E-state index contributed by atoms with van der Waals surface area (Å²) < 4.78 is 3.28. The highest BCUT2D eigenvalue weighted by Gasteiger charge is 2.33. The molecule has 4 heterocycles. The van der Waals surface area contributed by atoms with Crippen molar-refractivity contribution < 1.29 is 4.79 Å². The van der Waals surface area contributed by atoms with Crippen LogP contribution < -0.4 is 5.32 Å². The quantitative estimate of drug-likeness (QED) is 0.583. The van der Waals surface area contributed by atoms with Gasteiger partial charge in [0.05, 0.1) is 5.69 Å². The Kier molecular flexibility index (Phi) is 3.55. The van der Waals surface area contributed by atoms with Gasteiger partial charge in [0.25, 0.3) is 0 Å². The Morgan fingerprint density at radius 1 is 1.11 bits per heavy atom. The van der Waals surface area contributed by atoms with Crippen LogP contribution in [0.15, 0.2) is 36.7 Å². The predicted molar refractivity (Wildman–Crippen MR) is 104 cm³/mol. The molecule has 0 fully saturated rings. The molecular formula is C20H19N7O. The highest BCUT2D eigenvalue weighted by Crippen LogP contribution is 2.41. The van der Waals surface area contributed by atoms with Crippen molar-refractivity contribution in [3.05, 3.63) is 64.6 Å². The van der Waals surface area contributed by atoms with Gasteiger partial charge >= 0.3 is 0 Å². The van der Waals surface area contributed by atoms with Crippen LogP contribution in [-0.2, 0) is 4.79 Å². The van der Waals surface area contributed by atoms with Gasteiger partial charge in [0.2, 0.25) is 5.91 Å². The van der Waals surface area contributed by atoms with Crippen molar-refractivity contribution in [2.45, 2.75) is 33.1 Å². The highest BCUT2D eigenvalue weighted by molar-refractivity contribution is 5.95. The third-order valence-corrected chi connectivity index (χ3v) is 5.27. The van der Waals surface area contributed by atoms with Crippen LogP contribution in [0.1, 0.15) is 40.3 Å². The number of hydrogen-bond acceptors (Lipinski definition) is 5. The molecule has 0 saturated carbocycles. The fraction of sp³-hybridized carbons (Fsp3) is 0.250. The molecule has 0 aliphatic carbocycles. The van der Waals surface area contributed by atoms with E-state index in [4.69, 9.17) is 5.10 Å². The third-order valence-electron chi connectivity index (χ3n) is 5.27. The van der Waals surface area contributed by atoms with Crippen LogP contribution in [0.25, 0.3) is 11.5 Å². The summed E-state index contributed by atoms with van der Waals surface area (Å²) in [6.45, 7) is 6.14. The number of nitrogens with zero attached hydrogens (tertiary/aromatic N) is 6. The van der Waals surface area contributed by atoms with E-state index in [1.165, 1.54) is 11.1 Å². The first-order valence-corrected chi connectivity index (χ1v) is 9.15. The van der Waals surface area contributed by atoms with E-state index in [0.717, 1.165) is 16.8 Å². The Balaban J connectivity index is 1.69. The molecule has 8 heteroatoms. The van der Waals surface area contributed by atoms with Crippen LogP contribution in [0.3, 0.4) is 0 Å². The van der Waals surface area contributed by atoms with Crippen LogP contribution in [-0.4, -0.2) is 35.5 Å². The monoisotopic (exact) mass is 373 g/mol. The lowest BCUT2D eigenvalue weighted by atomic mass is 9.83. The molecule has 1 aliphatic heterocycles. The van der Waals surface area contributed by atoms with Gasteiger partial charge in [-0.25, -0.2) is 0 Å². The number of nitrogens with one attached hydrogen (secondary N) is 1. The summed E-state index contributed by atoms with van der Waals surface area (Å²) in [5.41, 5.74) is 6.12. The first-order valence-electron chi connectivity index (χ1n) is 9.15. The molecule has 1 N–H and O–H groups in total. The summed E-state index contributed by atoms with van der Waals surface area (Å²) in [6.07, 6.45) is 1.94. The van der Waals surface area contributed by atoms with E-state index in [1.807, 2.05) is 19.1 Å². The Morgan fingerprint density at radius 3 is 2.79 bits per heavy atom. The fourth-order valence-corrected chi connectivity index (χ4v) is 4.03. The molecule has 0 spiro atoms. The maximum atomic E-state index is 12.6. The molecule has 8 nitrogen and oxygen atoms in total. The molecule has 0 saturated heterocycles. The van der Waals surface area contributed by atoms with Crippen molar-refractivity contribution in [2.75, 3.05) is 5.32 Å². The summed E-state index contributed by atoms with van der Waals surface area (Å²) in [6, 6.07) is 10.0. The maximum Gasteiger partial charge on any atom is 0.226 e. The predicted octanol–water partition coefficient (Wildman–Crippen LogP) is 2.71. The Bertz CT molecular complexity index is 1240. The average Bonchev–Trinajstić information content (AvgIpc) is 3.25. The van der Waals surface area contributed by atoms with Gasteiger partial charge < -0.3 is 5.32 Å². The average molecular weight is 373 g/mol. The zero-order valence-electron chi connectivity index (χ0n) is 15.8. The van der Waals surface area contributed by atoms with Gasteiger partial charge in [-0.2, -0.15) is 14.3 Å². The maximum absolute atomic E-state index is 12.6. The zero-order chi connectivity index (χ0) is 19.4. The number of carbonyl (C=O) groups excluding carboxylic acids is 1. The minimum Gasteiger partial charge on any atom is -0.310 e. The zero-order valence-corrected chi connectivity index (χ0v) is 15.8. The van der Waals surface area contributed by atoms with Crippen LogP contribution in [0.2, 0.25) is 0 Å². The number of carbonyl (C=O) groups is 1. The van der Waals surface area contributed by atoms with Crippen molar-refractivity contribution in [1.82, 2.24) is 29.6 Å². The first kappa shape index (κ1) is 16.6. The molecule has 28 heavy (non-hydrogen) atoms. The summed E-state index contributed by atoms with van der Waals surface area (Å²) in [7, 11) is 0. The Morgan fingerprint density at radius 2 is 1.96 bits per heavy atom. The summed E-state index contributed by atoms with van der Waals surface area (Å²) in [5, 5.41) is 20.1. The minimum atomic E-state index is -0.0308. The fourth-order valence-electron chi connectivity index (χ4n) is 4.03. The molecule has 1 amide bonds. The summed E-state index contributed by atoms with van der Waals surface area (Å²) in [5.74, 6) is 1.22. The van der Waals surface area contributed by atoms with Crippen LogP contribution >= 0.6 is 0 Å². The molecule has 5 rings (SSSR count). The van der Waals surface area contributed by atoms with E-state index in [1.54, 1.807) is 15.5 Å². The standard InChI is InChI=1S/C20H19N7O/c1-11-4-5-14(12(2)8-11)15-9-18(28)22-20-19(15)13(3)24-27(20)17-7-6-16-23-21-10-26(16)25-17/h4-8,10,15H,9H2,1-3H3,(H,22,28)/t15-/m0/s1. The molecule has 140 valence electrons. The molecule has 1 atom stereocenters. The number of aromatic nitrogens is 6. The minimum absolute atomic E-state index is 0.0241. The summed E-state index contributed by atoms with van der Waals surface area (Å²) >= 11 is 0. The molecule has 0 bridgehead atoms. The normalized spacial score (nSPS) is 16.2. The molecular weight excluding hydrogens is 354 g/mol. The van der Waals surface area contributed by atoms with Crippen LogP contribution in [0.5, 0.6) is 0 Å². The largest absolute Gasteiger partial charge is 0.310 e. The molecule has 1 aliphatic rings. The highest BCUT2D eigenvalue weighted by atomic mass is 16.1. The van der Waals surface area contributed by atoms with E-state index < -0.39 is 0 Å². The van der Waals surface area contributed by atoms with E-state index in [2.05, 4.69) is 52.7 Å². The smallest absolute Gasteiger partial charge is 0.226 e. The van der Waals surface area contributed by atoms with Crippen molar-refractivity contribution >= 4 is 17.4 Å². The Hall–Kier alpha value is -3.55. The summed E-state index contributed by atoms with van der Waals surface area (Å²) in [4.78, 5) is 12.6. The number of hydrogen-bond donors (Lipinski definition) is 1. The van der Waals surface area contributed by atoms with E-state index in [-0.39, 0.29) is 11.8 Å². The second kappa shape index (κ2) is 5.98. The SMILES string of the molecule is Cc1ccc([C@@H]2CC(=O)Nc3c2c(C)nn3-c2ccc3nncn3n2)c(C)c1. The van der Waals surface area contributed by atoms with E-state index in [0.29, 0.717) is 23.7 Å². The van der Waals surface area contributed by atoms with E-state index >= 15 is 0 Å². The van der Waals surface area contributed by atoms with Gasteiger partial charge in [0, 0.05) is 17.9 Å². The Labute approximate surface area is 161 Å². The van der Waals surface area contributed by atoms with Gasteiger partial charge in [0.15, 0.2) is 11.5 Å². The van der Waals surface area contributed by atoms with Gasteiger partial charge in [-0.05, 0) is 44.0 Å². The molecule has 3 aromatic heterocycles. The molecule has 1 aromatic carbocycles. The van der Waals surface area contributed by atoms with Gasteiger partial charge in [0.1, 0.15) is 12.1 Å². The van der Waals surface area contributed by atoms with Crippen molar-refractivity contribution in [1.29, 1.82) is 0 Å². The molecule has 0 unspecified atom stereocenters. The van der Waals surface area contributed by atoms with Gasteiger partial charge in [-0.15, -0.1) is 15.3 Å². The molecule has 4 aromatic rings. The van der Waals surface area contributed by atoms with Crippen molar-refractivity contribution in [2.24, 2.45) is 0 Å². The number of amides is 1. The second-order valence-electron chi connectivity index (χ2n) is 7.25. The van der Waals surface area contributed by atoms with Crippen LogP contribution in [0, 0.1) is 20.8 Å². The topological polar surface area (TPSA) is 90.0 Å². The number of rotatable bonds is 2. The number of aryl methyl sites for hydroxylation is 3. The molecule has 0 radical (unpaired) electrons. The van der Waals surface area contributed by atoms with Crippen molar-refractivity contribution in [3.63, 3.8) is 0 Å². The number of anilines is 1. The third kappa shape index (κ3) is 2.49. The number of fused-ring (bicyclic) bond motifs is 2. The number of benzene rings is 1.